The number of hydrogen-bond donors (Lipinski definition) is 4. The molecule has 0 aromatic heterocycles. The van der Waals surface area contributed by atoms with E-state index in [1.165, 1.54) is 0 Å². The zero-order valence-corrected chi connectivity index (χ0v) is 13.8. The number of carboxylic acid groups (broad SMARTS) is 1. The van der Waals surface area contributed by atoms with Crippen molar-refractivity contribution in [2.24, 2.45) is 11.8 Å². The van der Waals surface area contributed by atoms with Crippen LogP contribution in [0.5, 0.6) is 0 Å². The highest BCUT2D eigenvalue weighted by molar-refractivity contribution is 5.68. The number of aliphatic hydroxyl groups is 3. The molecule has 1 aliphatic rings. The van der Waals surface area contributed by atoms with Crippen molar-refractivity contribution >= 4 is 5.97 Å². The van der Waals surface area contributed by atoms with Crippen LogP contribution >= 0.6 is 0 Å². The molecule has 23 heavy (non-hydrogen) atoms. The minimum Gasteiger partial charge on any atom is -0.481 e. The first-order valence-electron chi connectivity index (χ1n) is 8.55. The van der Waals surface area contributed by atoms with Gasteiger partial charge in [-0.05, 0) is 18.8 Å². The molecule has 1 saturated carbocycles. The molecule has 0 heterocycles. The molecule has 0 amide bonds. The Morgan fingerprint density at radius 2 is 1.96 bits per heavy atom. The summed E-state index contributed by atoms with van der Waals surface area (Å²) in [5.74, 6) is -1.24. The zero-order chi connectivity index (χ0) is 17.2. The molecule has 1 aliphatic carbocycles. The number of aliphatic hydroxyl groups excluding tert-OH is 3. The van der Waals surface area contributed by atoms with Crippen LogP contribution in [0.1, 0.15) is 51.9 Å². The van der Waals surface area contributed by atoms with Gasteiger partial charge in [-0.2, -0.15) is 0 Å². The average molecular weight is 326 g/mol. The molecule has 3 unspecified atom stereocenters. The van der Waals surface area contributed by atoms with E-state index in [-0.39, 0.29) is 18.3 Å². The van der Waals surface area contributed by atoms with Crippen LogP contribution in [0.15, 0.2) is 24.3 Å². The molecule has 1 rings (SSSR count). The van der Waals surface area contributed by atoms with Gasteiger partial charge in [0.25, 0.3) is 0 Å². The third kappa shape index (κ3) is 7.29. The van der Waals surface area contributed by atoms with Crippen LogP contribution in [0.25, 0.3) is 0 Å². The maximum absolute atomic E-state index is 10.5. The molecule has 5 nitrogen and oxygen atoms in total. The Labute approximate surface area is 138 Å². The highest BCUT2D eigenvalue weighted by atomic mass is 16.4. The number of unbranched alkanes of at least 4 members (excludes halogenated alkanes) is 2. The summed E-state index contributed by atoms with van der Waals surface area (Å²) in [7, 11) is 0. The van der Waals surface area contributed by atoms with E-state index in [0.717, 1.165) is 19.3 Å². The fourth-order valence-corrected chi connectivity index (χ4v) is 3.10. The first-order valence-corrected chi connectivity index (χ1v) is 8.55. The molecule has 0 saturated heterocycles. The minimum atomic E-state index is -0.889. The number of carbonyl (C=O) groups is 1. The summed E-state index contributed by atoms with van der Waals surface area (Å²) < 4.78 is 0. The smallest absolute Gasteiger partial charge is 0.307 e. The number of rotatable bonds is 10. The third-order valence-corrected chi connectivity index (χ3v) is 4.44. The summed E-state index contributed by atoms with van der Waals surface area (Å²) in [6.45, 7) is 2.11. The van der Waals surface area contributed by atoms with Crippen LogP contribution < -0.4 is 0 Å². The highest BCUT2D eigenvalue weighted by Crippen LogP contribution is 2.36. The molecule has 0 spiro atoms. The number of hydrogen-bond acceptors (Lipinski definition) is 4. The number of allylic oxidation sites excluding steroid dienone is 1. The molecule has 0 radical (unpaired) electrons. The maximum Gasteiger partial charge on any atom is 0.307 e. The second kappa shape index (κ2) is 10.6. The molecular weight excluding hydrogens is 296 g/mol. The van der Waals surface area contributed by atoms with Crippen LogP contribution in [-0.2, 0) is 4.79 Å². The largest absolute Gasteiger partial charge is 0.481 e. The molecular formula is C18H30O5. The maximum atomic E-state index is 10.5. The predicted molar refractivity (Wildman–Crippen MR) is 88.9 cm³/mol. The van der Waals surface area contributed by atoms with E-state index in [1.807, 2.05) is 6.08 Å². The van der Waals surface area contributed by atoms with Gasteiger partial charge in [0.1, 0.15) is 0 Å². The molecule has 0 bridgehead atoms. The van der Waals surface area contributed by atoms with Crippen molar-refractivity contribution in [3.05, 3.63) is 24.3 Å². The highest BCUT2D eigenvalue weighted by Gasteiger charge is 2.39. The molecule has 0 aromatic carbocycles. The van der Waals surface area contributed by atoms with Gasteiger partial charge in [0, 0.05) is 12.3 Å². The van der Waals surface area contributed by atoms with Crippen molar-refractivity contribution in [2.45, 2.75) is 70.2 Å². The number of aliphatic carboxylic acids is 1. The Morgan fingerprint density at radius 1 is 1.22 bits per heavy atom. The van der Waals surface area contributed by atoms with Crippen molar-refractivity contribution < 1.29 is 25.2 Å². The SMILES string of the molecule is CCCCCC(O)C=C[C@@H]1C(CC=CCC(=O)O)C(O)C[C@@H]1O. The van der Waals surface area contributed by atoms with E-state index in [2.05, 4.69) is 6.92 Å². The molecule has 132 valence electrons. The summed E-state index contributed by atoms with van der Waals surface area (Å²) in [5, 5.41) is 38.7. The van der Waals surface area contributed by atoms with Crippen molar-refractivity contribution in [1.29, 1.82) is 0 Å². The van der Waals surface area contributed by atoms with Crippen molar-refractivity contribution in [1.82, 2.24) is 0 Å². The number of carboxylic acids is 1. The van der Waals surface area contributed by atoms with Crippen LogP contribution in [0, 0.1) is 11.8 Å². The quantitative estimate of drug-likeness (QED) is 0.365. The normalized spacial score (nSPS) is 29.6. The molecule has 0 aliphatic heterocycles. The lowest BCUT2D eigenvalue weighted by atomic mass is 9.89. The van der Waals surface area contributed by atoms with Crippen LogP contribution in [-0.4, -0.2) is 44.7 Å². The Bertz CT molecular complexity index is 404. The van der Waals surface area contributed by atoms with Gasteiger partial charge >= 0.3 is 5.97 Å². The summed E-state index contributed by atoms with van der Waals surface area (Å²) in [5.41, 5.74) is 0. The average Bonchev–Trinajstić information content (AvgIpc) is 2.75. The van der Waals surface area contributed by atoms with Crippen molar-refractivity contribution in [2.75, 3.05) is 0 Å². The first kappa shape index (κ1) is 19.9. The van der Waals surface area contributed by atoms with E-state index in [9.17, 15) is 20.1 Å². The van der Waals surface area contributed by atoms with Gasteiger partial charge in [-0.15, -0.1) is 0 Å². The van der Waals surface area contributed by atoms with Gasteiger partial charge in [0.05, 0.1) is 24.7 Å². The molecule has 5 atom stereocenters. The Kier molecular flexibility index (Phi) is 9.14. The van der Waals surface area contributed by atoms with Gasteiger partial charge in [0.2, 0.25) is 0 Å². The second-order valence-electron chi connectivity index (χ2n) is 6.36. The first-order chi connectivity index (χ1) is 11.0. The third-order valence-electron chi connectivity index (χ3n) is 4.44. The predicted octanol–water partition coefficient (Wildman–Crippen LogP) is 2.26. The van der Waals surface area contributed by atoms with Crippen LogP contribution in [0.3, 0.4) is 0 Å². The Hall–Kier alpha value is -1.17. The van der Waals surface area contributed by atoms with Gasteiger partial charge in [-0.25, -0.2) is 0 Å². The lowest BCUT2D eigenvalue weighted by Gasteiger charge is -2.19. The van der Waals surface area contributed by atoms with Gasteiger partial charge in [-0.3, -0.25) is 4.79 Å². The summed E-state index contributed by atoms with van der Waals surface area (Å²) in [6.07, 6.45) is 9.77. The van der Waals surface area contributed by atoms with E-state index in [4.69, 9.17) is 5.11 Å². The van der Waals surface area contributed by atoms with E-state index < -0.39 is 24.3 Å². The molecule has 0 aromatic rings. The van der Waals surface area contributed by atoms with Crippen molar-refractivity contribution in [3.63, 3.8) is 0 Å². The lowest BCUT2D eigenvalue weighted by molar-refractivity contribution is -0.136. The van der Waals surface area contributed by atoms with Gasteiger partial charge in [-0.1, -0.05) is 50.5 Å². The van der Waals surface area contributed by atoms with E-state index in [0.29, 0.717) is 19.3 Å². The fraction of sp³-hybridized carbons (Fsp3) is 0.722. The summed E-state index contributed by atoms with van der Waals surface area (Å²) >= 11 is 0. The molecule has 1 fully saturated rings. The Morgan fingerprint density at radius 3 is 2.61 bits per heavy atom. The van der Waals surface area contributed by atoms with E-state index in [1.54, 1.807) is 18.2 Å². The topological polar surface area (TPSA) is 98.0 Å². The van der Waals surface area contributed by atoms with Gasteiger partial charge in [0.15, 0.2) is 0 Å². The lowest BCUT2D eigenvalue weighted by Crippen LogP contribution is -2.20. The van der Waals surface area contributed by atoms with Crippen LogP contribution in [0.2, 0.25) is 0 Å². The van der Waals surface area contributed by atoms with Crippen LogP contribution in [0.4, 0.5) is 0 Å². The monoisotopic (exact) mass is 326 g/mol. The minimum absolute atomic E-state index is 0.0397. The summed E-state index contributed by atoms with van der Waals surface area (Å²) in [4.78, 5) is 10.5. The van der Waals surface area contributed by atoms with E-state index >= 15 is 0 Å². The van der Waals surface area contributed by atoms with Crippen molar-refractivity contribution in [3.8, 4) is 0 Å². The Balaban J connectivity index is 2.54. The second-order valence-corrected chi connectivity index (χ2v) is 6.36. The molecule has 4 N–H and O–H groups in total. The fourth-order valence-electron chi connectivity index (χ4n) is 3.10. The van der Waals surface area contributed by atoms with Gasteiger partial charge < -0.3 is 20.4 Å². The summed E-state index contributed by atoms with van der Waals surface area (Å²) in [6, 6.07) is 0. The standard InChI is InChI=1S/C18H30O5/c1-2-3-4-7-13(19)10-11-15-14(16(20)12-17(15)21)8-5-6-9-18(22)23/h5-6,10-11,13-17,19-21H,2-4,7-9,12H2,1H3,(H,22,23)/t13?,14?,15-,16?,17+/m1/s1. The molecule has 5 heteroatoms. The zero-order valence-electron chi connectivity index (χ0n) is 13.8.